The van der Waals surface area contributed by atoms with E-state index in [1.807, 2.05) is 19.1 Å². The van der Waals surface area contributed by atoms with Crippen LogP contribution in [-0.2, 0) is 16.3 Å². The number of halogens is 1. The highest BCUT2D eigenvalue weighted by molar-refractivity contribution is 7.93. The number of sulfone groups is 1. The van der Waals surface area contributed by atoms with Crippen molar-refractivity contribution in [2.45, 2.75) is 42.1 Å². The largest absolute Gasteiger partial charge is 0.291 e. The molecule has 6 rings (SSSR count). The van der Waals surface area contributed by atoms with Crippen LogP contribution in [0.4, 0.5) is 4.39 Å². The van der Waals surface area contributed by atoms with Crippen molar-refractivity contribution in [3.8, 4) is 5.69 Å². The fourth-order valence-corrected chi connectivity index (χ4v) is 8.12. The predicted molar refractivity (Wildman–Crippen MR) is 136 cm³/mol. The average molecular weight is 536 g/mol. The van der Waals surface area contributed by atoms with Gasteiger partial charge in [0, 0.05) is 17.7 Å². The quantitative estimate of drug-likeness (QED) is 0.349. The van der Waals surface area contributed by atoms with Gasteiger partial charge in [0.05, 0.1) is 34.4 Å². The molecule has 3 heterocycles. The Morgan fingerprint density at radius 1 is 1.19 bits per heavy atom. The van der Waals surface area contributed by atoms with E-state index >= 15 is 0 Å². The molecule has 2 atom stereocenters. The summed E-state index contributed by atoms with van der Waals surface area (Å²) < 4.78 is 46.0. The first-order valence-electron chi connectivity index (χ1n) is 11.8. The van der Waals surface area contributed by atoms with Gasteiger partial charge in [0.15, 0.2) is 19.8 Å². The van der Waals surface area contributed by atoms with E-state index in [0.29, 0.717) is 30.6 Å². The minimum atomic E-state index is -3.71. The third kappa shape index (κ3) is 3.93. The van der Waals surface area contributed by atoms with Crippen LogP contribution in [-0.4, -0.2) is 43.8 Å². The number of benzene rings is 1. The van der Waals surface area contributed by atoms with Crippen molar-refractivity contribution >= 4 is 33.2 Å². The Hall–Kier alpha value is -3.57. The van der Waals surface area contributed by atoms with Crippen LogP contribution in [0.15, 0.2) is 64.8 Å². The van der Waals surface area contributed by atoms with Crippen LogP contribution >= 0.6 is 11.5 Å². The Balaban J connectivity index is 1.47. The monoisotopic (exact) mass is 535 g/mol. The van der Waals surface area contributed by atoms with E-state index in [4.69, 9.17) is 0 Å². The Labute approximate surface area is 217 Å². The first-order valence-corrected chi connectivity index (χ1v) is 14.1. The fraction of sp³-hybridized carbons (Fsp3) is 0.269. The lowest BCUT2D eigenvalue weighted by molar-refractivity contribution is 0.0796. The Morgan fingerprint density at radius 2 is 2.00 bits per heavy atom. The molecule has 0 bridgehead atoms. The molecular weight excluding hydrogens is 513 g/mol. The number of hydrogen-bond acceptors (Lipinski definition) is 8. The Bertz CT molecular complexity index is 1650. The number of allylic oxidation sites excluding steroid dienone is 1. The van der Waals surface area contributed by atoms with E-state index in [0.717, 1.165) is 33.9 Å². The van der Waals surface area contributed by atoms with E-state index in [2.05, 4.69) is 19.7 Å². The highest BCUT2D eigenvalue weighted by atomic mass is 32.2. The molecule has 2 aliphatic carbocycles. The molecule has 1 aromatic carbocycles. The van der Waals surface area contributed by atoms with Crippen LogP contribution < -0.4 is 0 Å². The van der Waals surface area contributed by atoms with Crippen LogP contribution in [0.3, 0.4) is 0 Å². The normalized spacial score (nSPS) is 21.1. The number of pyridine rings is 1. The minimum Gasteiger partial charge on any atom is -0.291 e. The van der Waals surface area contributed by atoms with Crippen molar-refractivity contribution in [2.24, 2.45) is 5.41 Å². The van der Waals surface area contributed by atoms with Crippen LogP contribution in [0.1, 0.15) is 46.6 Å². The van der Waals surface area contributed by atoms with Gasteiger partial charge in [0.1, 0.15) is 11.5 Å². The van der Waals surface area contributed by atoms with Gasteiger partial charge in [-0.2, -0.15) is 5.10 Å². The van der Waals surface area contributed by atoms with Gasteiger partial charge in [-0.3, -0.25) is 9.78 Å². The summed E-state index contributed by atoms with van der Waals surface area (Å²) in [6, 6.07) is 9.62. The third-order valence-electron chi connectivity index (χ3n) is 7.33. The SMILES string of the molecule is Cc1ccnc(C(=O)[C@]23Cc4cnn(-c5ccc(F)cc5)c4C=C2CC[C@@H](S(=O)(=O)c2cnns2)C3)c1. The number of ketones is 1. The maximum atomic E-state index is 14.2. The van der Waals surface area contributed by atoms with Crippen molar-refractivity contribution < 1.29 is 17.6 Å². The number of fused-ring (bicyclic) bond motifs is 2. The van der Waals surface area contributed by atoms with Crippen LogP contribution in [0.25, 0.3) is 11.8 Å². The standard InChI is InChI=1S/C26H22FN5O3S2/c1-16-8-9-28-22(10-16)25(33)26-12-17-14-30-32(20-5-3-19(27)4-6-20)23(17)11-18(26)2-7-21(13-26)37(34,35)24-15-29-31-36-24/h3-6,8-11,14-15,21H,2,7,12-13H2,1H3/t21-,26+/m1/s1. The van der Waals surface area contributed by atoms with Crippen molar-refractivity contribution in [2.75, 3.05) is 0 Å². The second kappa shape index (κ2) is 8.77. The van der Waals surface area contributed by atoms with Gasteiger partial charge in [-0.15, -0.1) is 5.10 Å². The minimum absolute atomic E-state index is 0.113. The summed E-state index contributed by atoms with van der Waals surface area (Å²) in [7, 11) is -3.71. The summed E-state index contributed by atoms with van der Waals surface area (Å²) in [6.07, 6.45) is 7.78. The van der Waals surface area contributed by atoms with Crippen LogP contribution in [0, 0.1) is 18.2 Å². The lowest BCUT2D eigenvalue weighted by Gasteiger charge is -2.43. The molecule has 3 aromatic heterocycles. The molecule has 2 aliphatic rings. The number of nitrogens with zero attached hydrogens (tertiary/aromatic N) is 5. The van der Waals surface area contributed by atoms with Crippen molar-refractivity contribution in [1.82, 2.24) is 24.4 Å². The maximum absolute atomic E-state index is 14.2. The maximum Gasteiger partial charge on any atom is 0.193 e. The van der Waals surface area contributed by atoms with Gasteiger partial charge in [-0.05, 0) is 86.2 Å². The molecule has 0 saturated heterocycles. The molecule has 0 unspecified atom stereocenters. The summed E-state index contributed by atoms with van der Waals surface area (Å²) in [4.78, 5) is 18.6. The number of Topliss-reactive ketones (excluding diaryl/α,β-unsaturated/α-hetero) is 1. The van der Waals surface area contributed by atoms with E-state index in [1.54, 1.807) is 35.3 Å². The molecule has 8 nitrogen and oxygen atoms in total. The first kappa shape index (κ1) is 23.8. The zero-order valence-electron chi connectivity index (χ0n) is 19.8. The molecule has 0 N–H and O–H groups in total. The average Bonchev–Trinajstić information content (AvgIpc) is 3.58. The van der Waals surface area contributed by atoms with Crippen molar-refractivity contribution in [1.29, 1.82) is 0 Å². The highest BCUT2D eigenvalue weighted by Crippen LogP contribution is 2.52. The van der Waals surface area contributed by atoms with Gasteiger partial charge in [-0.25, -0.2) is 17.5 Å². The Kier molecular flexibility index (Phi) is 5.64. The number of carbonyl (C=O) groups excluding carboxylic acids is 1. The fourth-order valence-electron chi connectivity index (χ4n) is 5.47. The molecule has 1 fully saturated rings. The second-order valence-electron chi connectivity index (χ2n) is 9.57. The number of rotatable bonds is 5. The zero-order chi connectivity index (χ0) is 25.8. The van der Waals surface area contributed by atoms with E-state index < -0.39 is 20.5 Å². The smallest absolute Gasteiger partial charge is 0.193 e. The lowest BCUT2D eigenvalue weighted by atomic mass is 9.61. The molecule has 37 heavy (non-hydrogen) atoms. The van der Waals surface area contributed by atoms with E-state index in [-0.39, 0.29) is 22.2 Å². The van der Waals surface area contributed by atoms with Crippen molar-refractivity contribution in [3.63, 3.8) is 0 Å². The number of aromatic nitrogens is 5. The van der Waals surface area contributed by atoms with Gasteiger partial charge in [0.25, 0.3) is 0 Å². The van der Waals surface area contributed by atoms with Crippen molar-refractivity contribution in [3.05, 3.63) is 88.9 Å². The second-order valence-corrected chi connectivity index (χ2v) is 12.8. The predicted octanol–water partition coefficient (Wildman–Crippen LogP) is 4.40. The van der Waals surface area contributed by atoms with Gasteiger partial charge in [-0.1, -0.05) is 10.1 Å². The first-order chi connectivity index (χ1) is 17.8. The molecule has 0 radical (unpaired) electrons. The number of hydrogen-bond donors (Lipinski definition) is 0. The summed E-state index contributed by atoms with van der Waals surface area (Å²) in [6.45, 7) is 1.89. The molecule has 0 amide bonds. The lowest BCUT2D eigenvalue weighted by Crippen LogP contribution is -2.45. The molecule has 4 aromatic rings. The molecule has 0 aliphatic heterocycles. The summed E-state index contributed by atoms with van der Waals surface area (Å²) in [5.74, 6) is -0.529. The summed E-state index contributed by atoms with van der Waals surface area (Å²) in [5.41, 5.74) is 3.35. The number of carbonyl (C=O) groups is 1. The molecule has 0 spiro atoms. The molecule has 11 heteroatoms. The molecule has 1 saturated carbocycles. The molecular formula is C26H22FN5O3S2. The third-order valence-corrected chi connectivity index (χ3v) is 10.7. The van der Waals surface area contributed by atoms with E-state index in [9.17, 15) is 17.6 Å². The van der Waals surface area contributed by atoms with Gasteiger partial charge >= 0.3 is 0 Å². The van der Waals surface area contributed by atoms with Crippen LogP contribution in [0.2, 0.25) is 0 Å². The Morgan fingerprint density at radius 3 is 2.73 bits per heavy atom. The molecule has 188 valence electrons. The summed E-state index contributed by atoms with van der Waals surface area (Å²) in [5, 5.41) is 7.48. The summed E-state index contributed by atoms with van der Waals surface area (Å²) >= 11 is 0.848. The highest BCUT2D eigenvalue weighted by Gasteiger charge is 2.52. The number of aryl methyl sites for hydroxylation is 1. The van der Waals surface area contributed by atoms with Crippen LogP contribution in [0.5, 0.6) is 0 Å². The zero-order valence-corrected chi connectivity index (χ0v) is 21.5. The van der Waals surface area contributed by atoms with Gasteiger partial charge < -0.3 is 0 Å². The van der Waals surface area contributed by atoms with Gasteiger partial charge in [0.2, 0.25) is 0 Å². The topological polar surface area (TPSA) is 108 Å². The van der Waals surface area contributed by atoms with E-state index in [1.165, 1.54) is 18.3 Å².